The zero-order valence-electron chi connectivity index (χ0n) is 12.0. The predicted molar refractivity (Wildman–Crippen MR) is 75.9 cm³/mol. The minimum absolute atomic E-state index is 0.0350. The average molecular weight is 280 g/mol. The van der Waals surface area contributed by atoms with Crippen LogP contribution < -0.4 is 10.2 Å². The summed E-state index contributed by atoms with van der Waals surface area (Å²) in [6.07, 6.45) is 0. The second-order valence-electron chi connectivity index (χ2n) is 5.67. The third-order valence-corrected chi connectivity index (χ3v) is 2.90. The molecule has 1 atom stereocenters. The summed E-state index contributed by atoms with van der Waals surface area (Å²) in [6, 6.07) is 4.61. The highest BCUT2D eigenvalue weighted by Gasteiger charge is 2.33. The molecule has 1 rings (SSSR count). The molecule has 3 N–H and O–H groups in total. The number of aromatic hydroxyl groups is 1. The van der Waals surface area contributed by atoms with E-state index in [1.54, 1.807) is 32.9 Å². The van der Waals surface area contributed by atoms with Crippen molar-refractivity contribution in [2.45, 2.75) is 26.8 Å². The van der Waals surface area contributed by atoms with Crippen LogP contribution in [0.4, 0.5) is 10.5 Å². The molecule has 6 heteroatoms. The molecule has 20 heavy (non-hydrogen) atoms. The van der Waals surface area contributed by atoms with Gasteiger partial charge in [0.05, 0.1) is 0 Å². The Morgan fingerprint density at radius 1 is 1.30 bits per heavy atom. The van der Waals surface area contributed by atoms with Gasteiger partial charge in [0.25, 0.3) is 0 Å². The fraction of sp³-hybridized carbons (Fsp3) is 0.429. The van der Waals surface area contributed by atoms with Crippen molar-refractivity contribution in [2.24, 2.45) is 5.41 Å². The van der Waals surface area contributed by atoms with Gasteiger partial charge in [0.2, 0.25) is 0 Å². The van der Waals surface area contributed by atoms with Crippen molar-refractivity contribution in [3.05, 3.63) is 24.3 Å². The summed E-state index contributed by atoms with van der Waals surface area (Å²) >= 11 is 0. The number of nitrogens with one attached hydrogen (secondary N) is 1. The fourth-order valence-corrected chi connectivity index (χ4v) is 1.69. The number of carboxylic acids is 1. The van der Waals surface area contributed by atoms with Crippen molar-refractivity contribution < 1.29 is 19.8 Å². The van der Waals surface area contributed by atoms with E-state index in [4.69, 9.17) is 0 Å². The van der Waals surface area contributed by atoms with Gasteiger partial charge in [0, 0.05) is 18.8 Å². The van der Waals surface area contributed by atoms with Crippen LogP contribution in [-0.4, -0.2) is 35.3 Å². The van der Waals surface area contributed by atoms with Crippen LogP contribution in [-0.2, 0) is 4.79 Å². The molecule has 0 aliphatic heterocycles. The SMILES string of the molecule is CN(C(=O)N[C@H](C(=O)O)C(C)(C)C)c1cccc(O)c1. The molecular formula is C14H20N2O4. The van der Waals surface area contributed by atoms with E-state index < -0.39 is 23.5 Å². The van der Waals surface area contributed by atoms with Gasteiger partial charge in [-0.1, -0.05) is 26.8 Å². The maximum atomic E-state index is 12.1. The van der Waals surface area contributed by atoms with E-state index in [-0.39, 0.29) is 5.75 Å². The minimum atomic E-state index is -1.09. The molecule has 0 radical (unpaired) electrons. The van der Waals surface area contributed by atoms with Crippen LogP contribution in [0.5, 0.6) is 5.75 Å². The molecule has 0 unspecified atom stereocenters. The Kier molecular flexibility index (Phi) is 4.60. The average Bonchev–Trinajstić information content (AvgIpc) is 2.32. The predicted octanol–water partition coefficient (Wildman–Crippen LogP) is 2.04. The second-order valence-corrected chi connectivity index (χ2v) is 5.67. The van der Waals surface area contributed by atoms with Gasteiger partial charge in [-0.25, -0.2) is 9.59 Å². The Hall–Kier alpha value is -2.24. The van der Waals surface area contributed by atoms with Crippen molar-refractivity contribution in [3.8, 4) is 5.75 Å². The molecule has 110 valence electrons. The quantitative estimate of drug-likeness (QED) is 0.790. The van der Waals surface area contributed by atoms with E-state index in [9.17, 15) is 19.8 Å². The summed E-state index contributed by atoms with van der Waals surface area (Å²) in [4.78, 5) is 24.6. The van der Waals surface area contributed by atoms with E-state index >= 15 is 0 Å². The van der Waals surface area contributed by atoms with Crippen LogP contribution in [0.25, 0.3) is 0 Å². The number of nitrogens with zero attached hydrogens (tertiary/aromatic N) is 1. The van der Waals surface area contributed by atoms with Gasteiger partial charge in [-0.05, 0) is 17.5 Å². The van der Waals surface area contributed by atoms with Crippen molar-refractivity contribution in [1.29, 1.82) is 0 Å². The van der Waals surface area contributed by atoms with Crippen LogP contribution >= 0.6 is 0 Å². The Bertz CT molecular complexity index is 508. The van der Waals surface area contributed by atoms with Crippen molar-refractivity contribution >= 4 is 17.7 Å². The van der Waals surface area contributed by atoms with Gasteiger partial charge < -0.3 is 15.5 Å². The molecule has 6 nitrogen and oxygen atoms in total. The molecule has 0 aliphatic carbocycles. The first kappa shape index (κ1) is 15.8. The van der Waals surface area contributed by atoms with E-state index in [1.807, 2.05) is 0 Å². The number of carboxylic acid groups (broad SMARTS) is 1. The van der Waals surface area contributed by atoms with Crippen LogP contribution in [0.15, 0.2) is 24.3 Å². The summed E-state index contributed by atoms with van der Waals surface area (Å²) in [6.45, 7) is 5.21. The molecule has 1 aromatic rings. The third-order valence-electron chi connectivity index (χ3n) is 2.90. The number of amides is 2. The van der Waals surface area contributed by atoms with Crippen LogP contribution in [0.3, 0.4) is 0 Å². The Labute approximate surface area is 118 Å². The van der Waals surface area contributed by atoms with Gasteiger partial charge in [0.15, 0.2) is 0 Å². The van der Waals surface area contributed by atoms with E-state index in [2.05, 4.69) is 5.32 Å². The summed E-state index contributed by atoms with van der Waals surface area (Å²) in [7, 11) is 1.51. The van der Waals surface area contributed by atoms with Gasteiger partial charge in [-0.2, -0.15) is 0 Å². The van der Waals surface area contributed by atoms with Crippen LogP contribution in [0.1, 0.15) is 20.8 Å². The highest BCUT2D eigenvalue weighted by atomic mass is 16.4. The van der Waals surface area contributed by atoms with Crippen LogP contribution in [0, 0.1) is 5.41 Å². The Morgan fingerprint density at radius 3 is 2.35 bits per heavy atom. The summed E-state index contributed by atoms with van der Waals surface area (Å²) < 4.78 is 0. The minimum Gasteiger partial charge on any atom is -0.508 e. The molecule has 2 amide bonds. The highest BCUT2D eigenvalue weighted by Crippen LogP contribution is 2.22. The number of anilines is 1. The zero-order chi connectivity index (χ0) is 15.5. The standard InChI is InChI=1S/C14H20N2O4/c1-14(2,3)11(12(18)19)15-13(20)16(4)9-6-5-7-10(17)8-9/h5-8,11,17H,1-4H3,(H,15,20)(H,18,19)/t11-/m1/s1. The number of hydrogen-bond donors (Lipinski definition) is 3. The molecule has 0 fully saturated rings. The molecule has 0 aliphatic rings. The van der Waals surface area contributed by atoms with Gasteiger partial charge >= 0.3 is 12.0 Å². The number of carbonyl (C=O) groups is 2. The summed E-state index contributed by atoms with van der Waals surface area (Å²) in [5.41, 5.74) is -0.137. The van der Waals surface area contributed by atoms with Crippen LogP contribution in [0.2, 0.25) is 0 Å². The largest absolute Gasteiger partial charge is 0.508 e. The monoisotopic (exact) mass is 280 g/mol. The van der Waals surface area contributed by atoms with Crippen molar-refractivity contribution in [2.75, 3.05) is 11.9 Å². The molecular weight excluding hydrogens is 260 g/mol. The molecule has 0 heterocycles. The number of hydrogen-bond acceptors (Lipinski definition) is 3. The third kappa shape index (κ3) is 3.88. The number of phenols is 1. The maximum Gasteiger partial charge on any atom is 0.326 e. The van der Waals surface area contributed by atoms with Gasteiger partial charge in [-0.3, -0.25) is 4.90 Å². The number of rotatable bonds is 3. The summed E-state index contributed by atoms with van der Waals surface area (Å²) in [5, 5.41) is 21.1. The lowest BCUT2D eigenvalue weighted by atomic mass is 9.87. The fourth-order valence-electron chi connectivity index (χ4n) is 1.69. The number of aliphatic carboxylic acids is 1. The Balaban J connectivity index is 2.87. The molecule has 1 aromatic carbocycles. The number of phenolic OH excluding ortho intramolecular Hbond substituents is 1. The van der Waals surface area contributed by atoms with E-state index in [0.717, 1.165) is 0 Å². The first-order valence-corrected chi connectivity index (χ1v) is 6.19. The lowest BCUT2D eigenvalue weighted by Gasteiger charge is -2.29. The molecule has 0 aromatic heterocycles. The topological polar surface area (TPSA) is 89.9 Å². The lowest BCUT2D eigenvalue weighted by molar-refractivity contribution is -0.141. The molecule has 0 spiro atoms. The van der Waals surface area contributed by atoms with E-state index in [1.165, 1.54) is 24.1 Å². The van der Waals surface area contributed by atoms with Gasteiger partial charge in [0.1, 0.15) is 11.8 Å². The lowest BCUT2D eigenvalue weighted by Crippen LogP contribution is -2.52. The van der Waals surface area contributed by atoms with E-state index in [0.29, 0.717) is 5.69 Å². The highest BCUT2D eigenvalue weighted by molar-refractivity contribution is 5.94. The number of urea groups is 1. The first-order valence-electron chi connectivity index (χ1n) is 6.19. The zero-order valence-corrected chi connectivity index (χ0v) is 12.0. The van der Waals surface area contributed by atoms with Crippen molar-refractivity contribution in [3.63, 3.8) is 0 Å². The number of benzene rings is 1. The number of carbonyl (C=O) groups excluding carboxylic acids is 1. The molecule has 0 saturated carbocycles. The molecule has 0 saturated heterocycles. The van der Waals surface area contributed by atoms with Gasteiger partial charge in [-0.15, -0.1) is 0 Å². The van der Waals surface area contributed by atoms with Crippen molar-refractivity contribution in [1.82, 2.24) is 5.32 Å². The Morgan fingerprint density at radius 2 is 1.90 bits per heavy atom. The maximum absolute atomic E-state index is 12.1. The summed E-state index contributed by atoms with van der Waals surface area (Å²) in [5.74, 6) is -1.05. The molecule has 0 bridgehead atoms. The normalized spacial score (nSPS) is 12.6. The smallest absolute Gasteiger partial charge is 0.326 e. The second kappa shape index (κ2) is 5.81. The first-order chi connectivity index (χ1) is 9.12.